The fraction of sp³-hybridized carbons (Fsp3) is 0.405. The minimum atomic E-state index is -1.21. The average molecular weight is 1460 g/mol. The second-order valence-corrected chi connectivity index (χ2v) is 31.6. The molecule has 3 aliphatic heterocycles. The highest BCUT2D eigenvalue weighted by molar-refractivity contribution is 5.85. The van der Waals surface area contributed by atoms with E-state index in [1.54, 1.807) is 77.7 Å². The van der Waals surface area contributed by atoms with E-state index >= 15 is 13.2 Å². The number of hydrogen-bond acceptors (Lipinski definition) is 24. The molecule has 28 heteroatoms. The van der Waals surface area contributed by atoms with Gasteiger partial charge in [0.15, 0.2) is 47.1 Å². The molecule has 3 saturated heterocycles. The minimum absolute atomic E-state index is 0.0346. The number of nitrogens with one attached hydrogen (secondary N) is 3. The predicted molar refractivity (Wildman–Crippen MR) is 398 cm³/mol. The van der Waals surface area contributed by atoms with Crippen molar-refractivity contribution in [3.63, 3.8) is 0 Å². The van der Waals surface area contributed by atoms with Gasteiger partial charge < -0.3 is 54.3 Å². The number of ether oxygens (including phenoxy) is 3. The maximum atomic E-state index is 15.1. The molecule has 25 nitrogen and oxygen atoms in total. The molecule has 12 aromatic rings. The summed E-state index contributed by atoms with van der Waals surface area (Å²) in [5.41, 5.74) is 9.41. The molecule has 10 aromatic heterocycles. The predicted octanol–water partition coefficient (Wildman–Crippen LogP) is 14.5. The summed E-state index contributed by atoms with van der Waals surface area (Å²) in [6.07, 6.45) is 2.68. The zero-order chi connectivity index (χ0) is 76.6. The van der Waals surface area contributed by atoms with Gasteiger partial charge in [-0.3, -0.25) is 0 Å². The molecule has 0 saturated carbocycles. The Labute approximate surface area is 616 Å². The highest BCUT2D eigenvalue weighted by Gasteiger charge is 2.50. The topological polar surface area (TPSA) is 323 Å². The van der Waals surface area contributed by atoms with Crippen LogP contribution in [0.15, 0.2) is 125 Å². The standard InChI is InChI=1S/2C27H30FN5O3.C25H28FN7O2/c2*1-14-9-16(11-20-23(14)30-15(2)35-20)17-10-19(34)24(29-13-17)18-7-8-22(32-31-18)36-21-12-26(3,4)33-27(5,6)25(21)28;1-14-28-20-8-6-15(13-33(20)31-14)16-10-18(34)22(27-12-16)17-7-9-21(30-29-17)35-19-11-24(2,3)32-25(4,5)23(19)26/h2*7-11,13,21,25,33-34H,12H2,1-6H3;6-10,12-13,19,23,32,34H,11H2,1-5H3/t2*21-,25-;19-,23-/m000/s1. The van der Waals surface area contributed by atoms with Crippen LogP contribution in [0.2, 0.25) is 0 Å². The van der Waals surface area contributed by atoms with Crippen LogP contribution in [0.25, 0.3) is 95.4 Å². The molecule has 2 aromatic carbocycles. The lowest BCUT2D eigenvalue weighted by Crippen LogP contribution is -2.66. The second kappa shape index (κ2) is 28.1. The molecule has 6 atom stereocenters. The highest BCUT2D eigenvalue weighted by Crippen LogP contribution is 2.41. The Hall–Kier alpha value is -10.8. The van der Waals surface area contributed by atoms with Crippen LogP contribution in [0, 0.1) is 34.6 Å². The van der Waals surface area contributed by atoms with Crippen molar-refractivity contribution in [1.29, 1.82) is 0 Å². The molecule has 0 amide bonds. The number of halogens is 3. The van der Waals surface area contributed by atoms with E-state index in [-0.39, 0.29) is 57.2 Å². The van der Waals surface area contributed by atoms with Gasteiger partial charge in [-0.1, -0.05) is 0 Å². The summed E-state index contributed by atoms with van der Waals surface area (Å²) in [7, 11) is 0. The third-order valence-electron chi connectivity index (χ3n) is 19.3. The first kappa shape index (κ1) is 74.4. The third-order valence-corrected chi connectivity index (χ3v) is 19.3. The molecule has 3 fully saturated rings. The SMILES string of the molecule is Cc1nc2c(C)cc(-c3cnc(-c4ccc(O[C@H]5CC(C)(C)NC(C)(C)[C@H]5F)nn4)c(O)c3)cc2o1.Cc1nc2c(C)cc(-c3cnc(-c4ccc(O[C@H]5CC(C)(C)NC(C)(C)[C@H]5F)nn4)c(O)c3)cc2o1.Cc1nc2ccc(-c3cnc(-c4ccc(O[C@H]5CC(C)(C)NC(C)(C)[C@H]5F)nn4)c(O)c3)cn2n1. The van der Waals surface area contributed by atoms with Crippen molar-refractivity contribution in [1.82, 2.24) is 86.1 Å². The van der Waals surface area contributed by atoms with Gasteiger partial charge in [0.1, 0.15) is 86.6 Å². The number of aromatic nitrogens is 14. The lowest BCUT2D eigenvalue weighted by Gasteiger charge is -2.48. The number of alkyl halides is 3. The zero-order valence-electron chi connectivity index (χ0n) is 62.8. The highest BCUT2D eigenvalue weighted by atomic mass is 19.1. The lowest BCUT2D eigenvalue weighted by molar-refractivity contribution is -0.0283. The number of nitrogens with zero attached hydrogens (tertiary/aromatic N) is 14. The van der Waals surface area contributed by atoms with Gasteiger partial charge in [-0.05, 0) is 199 Å². The van der Waals surface area contributed by atoms with Crippen LogP contribution in [0.1, 0.15) is 131 Å². The Balaban J connectivity index is 0.000000142. The first-order valence-corrected chi connectivity index (χ1v) is 35.3. The van der Waals surface area contributed by atoms with Gasteiger partial charge in [0.2, 0.25) is 17.6 Å². The fourth-order valence-electron chi connectivity index (χ4n) is 15.0. The normalized spacial score (nSPS) is 21.0. The van der Waals surface area contributed by atoms with Gasteiger partial charge in [-0.2, -0.15) is 5.10 Å². The van der Waals surface area contributed by atoms with E-state index in [1.807, 2.05) is 160 Å². The Bertz CT molecular complexity index is 5060. The van der Waals surface area contributed by atoms with E-state index < -0.39 is 53.4 Å². The number of pyridine rings is 4. The summed E-state index contributed by atoms with van der Waals surface area (Å²) in [6.45, 7) is 32.5. The Morgan fingerprint density at radius 2 is 0.766 bits per heavy atom. The average Bonchev–Trinajstić information content (AvgIpc) is 1.78. The number of hydrogen-bond donors (Lipinski definition) is 6. The molecule has 0 bridgehead atoms. The van der Waals surface area contributed by atoms with E-state index in [0.29, 0.717) is 76.5 Å². The van der Waals surface area contributed by atoms with Crippen LogP contribution < -0.4 is 30.2 Å². The third kappa shape index (κ3) is 16.1. The fourth-order valence-corrected chi connectivity index (χ4v) is 15.0. The summed E-state index contributed by atoms with van der Waals surface area (Å²) >= 11 is 0. The molecule has 0 unspecified atom stereocenters. The molecule has 0 aliphatic carbocycles. The maximum absolute atomic E-state index is 15.1. The molecular weight excluding hydrogens is 1370 g/mol. The van der Waals surface area contributed by atoms with Crippen molar-refractivity contribution in [3.8, 4) is 102 Å². The maximum Gasteiger partial charge on any atom is 0.233 e. The van der Waals surface area contributed by atoms with Gasteiger partial charge in [0.25, 0.3) is 0 Å². The monoisotopic (exact) mass is 1460 g/mol. The number of benzene rings is 2. The van der Waals surface area contributed by atoms with Crippen LogP contribution in [0.4, 0.5) is 13.2 Å². The van der Waals surface area contributed by atoms with Crippen molar-refractivity contribution in [2.75, 3.05) is 0 Å². The number of aromatic hydroxyl groups is 3. The largest absolute Gasteiger partial charge is 0.506 e. The quantitative estimate of drug-likeness (QED) is 0.0662. The zero-order valence-corrected chi connectivity index (χ0v) is 62.8. The van der Waals surface area contributed by atoms with Crippen molar-refractivity contribution in [2.24, 2.45) is 0 Å². The number of aryl methyl sites for hydroxylation is 5. The van der Waals surface area contributed by atoms with E-state index in [0.717, 1.165) is 61.2 Å². The molecule has 107 heavy (non-hydrogen) atoms. The first-order valence-electron chi connectivity index (χ1n) is 35.3. The van der Waals surface area contributed by atoms with Crippen molar-refractivity contribution < 1.29 is 51.5 Å². The Morgan fingerprint density at radius 1 is 0.421 bits per heavy atom. The number of rotatable bonds is 12. The minimum Gasteiger partial charge on any atom is -0.506 e. The van der Waals surface area contributed by atoms with Gasteiger partial charge in [0.05, 0.1) is 0 Å². The van der Waals surface area contributed by atoms with Crippen LogP contribution in [0.5, 0.6) is 34.9 Å². The van der Waals surface area contributed by atoms with Crippen LogP contribution >= 0.6 is 0 Å². The second-order valence-electron chi connectivity index (χ2n) is 31.6. The smallest absolute Gasteiger partial charge is 0.233 e. The molecule has 3 aliphatic rings. The molecular formula is C79H88F3N17O8. The van der Waals surface area contributed by atoms with Gasteiger partial charge in [-0.15, -0.1) is 30.6 Å². The number of fused-ring (bicyclic) bond motifs is 3. The van der Waals surface area contributed by atoms with Crippen LogP contribution in [0.3, 0.4) is 0 Å². The summed E-state index contributed by atoms with van der Waals surface area (Å²) in [4.78, 5) is 26.4. The van der Waals surface area contributed by atoms with E-state index in [2.05, 4.69) is 81.5 Å². The lowest BCUT2D eigenvalue weighted by atomic mass is 9.79. The molecule has 0 radical (unpaired) electrons. The van der Waals surface area contributed by atoms with E-state index in [4.69, 9.17) is 23.0 Å². The van der Waals surface area contributed by atoms with Gasteiger partial charge in [0, 0.05) is 132 Å². The first-order chi connectivity index (χ1) is 50.3. The summed E-state index contributed by atoms with van der Waals surface area (Å²) < 4.78 is 75.9. The number of piperidine rings is 3. The molecule has 13 heterocycles. The summed E-state index contributed by atoms with van der Waals surface area (Å²) in [5, 5.41) is 71.3. The van der Waals surface area contributed by atoms with Crippen molar-refractivity contribution in [3.05, 3.63) is 145 Å². The van der Waals surface area contributed by atoms with Gasteiger partial charge in [-0.25, -0.2) is 47.6 Å². The van der Waals surface area contributed by atoms with Crippen molar-refractivity contribution >= 4 is 27.8 Å². The Kier molecular flexibility index (Phi) is 19.6. The van der Waals surface area contributed by atoms with Crippen LogP contribution in [-0.2, 0) is 0 Å². The van der Waals surface area contributed by atoms with Crippen LogP contribution in [-0.4, -0.2) is 155 Å². The summed E-state index contributed by atoms with van der Waals surface area (Å²) in [5.74, 6) is 2.45. The molecule has 0 spiro atoms. The molecule has 15 rings (SSSR count). The van der Waals surface area contributed by atoms with Crippen molar-refractivity contribution in [2.45, 2.75) is 207 Å². The number of oxazole rings is 2. The molecule has 6 N–H and O–H groups in total. The van der Waals surface area contributed by atoms with E-state index in [9.17, 15) is 15.3 Å². The molecule has 558 valence electrons. The van der Waals surface area contributed by atoms with Gasteiger partial charge >= 0.3 is 0 Å². The van der Waals surface area contributed by atoms with E-state index in [1.165, 1.54) is 0 Å². The summed E-state index contributed by atoms with van der Waals surface area (Å²) in [6, 6.07) is 26.2. The Morgan fingerprint density at radius 3 is 1.09 bits per heavy atom.